The normalized spacial score (nSPS) is 9.58. The number of rotatable bonds is 1. The lowest BCUT2D eigenvalue weighted by Gasteiger charge is -2.03. The van der Waals surface area contributed by atoms with E-state index in [4.69, 9.17) is 0 Å². The molecule has 2 nitrogen and oxygen atoms in total. The van der Waals surface area contributed by atoms with Crippen LogP contribution in [0.4, 0.5) is 10.5 Å². The van der Waals surface area contributed by atoms with Crippen molar-refractivity contribution in [2.24, 2.45) is 0 Å². The number of aryl methyl sites for hydroxylation is 2. The Morgan fingerprint density at radius 2 is 1.75 bits per heavy atom. The van der Waals surface area contributed by atoms with Crippen LogP contribution in [-0.2, 0) is 0 Å². The standard InChI is InChI=1S/C9H11NOS/c1-6-3-7(2)5-8(4-6)10-9(11)12/h3-5H,1-2H3,(H2,10,11,12). The minimum Gasteiger partial charge on any atom is -0.317 e. The molecule has 0 aliphatic heterocycles. The van der Waals surface area contributed by atoms with Crippen LogP contribution in [0.1, 0.15) is 11.1 Å². The van der Waals surface area contributed by atoms with Gasteiger partial charge in [0.15, 0.2) is 0 Å². The fraction of sp³-hybridized carbons (Fsp3) is 0.222. The number of hydrogen-bond acceptors (Lipinski definition) is 1. The zero-order chi connectivity index (χ0) is 9.14. The molecule has 0 aliphatic rings. The van der Waals surface area contributed by atoms with Gasteiger partial charge in [0.1, 0.15) is 0 Å². The van der Waals surface area contributed by atoms with Gasteiger partial charge in [0.05, 0.1) is 0 Å². The molecule has 0 saturated carbocycles. The third-order valence-corrected chi connectivity index (χ3v) is 1.58. The van der Waals surface area contributed by atoms with Crippen LogP contribution < -0.4 is 5.32 Å². The van der Waals surface area contributed by atoms with Gasteiger partial charge in [0, 0.05) is 5.69 Å². The smallest absolute Gasteiger partial charge is 0.280 e. The van der Waals surface area contributed by atoms with Crippen LogP contribution in [0.3, 0.4) is 0 Å². The van der Waals surface area contributed by atoms with E-state index in [1.165, 1.54) is 0 Å². The summed E-state index contributed by atoms with van der Waals surface area (Å²) in [5.41, 5.74) is 3.06. The van der Waals surface area contributed by atoms with E-state index in [0.717, 1.165) is 16.8 Å². The van der Waals surface area contributed by atoms with Crippen molar-refractivity contribution in [3.63, 3.8) is 0 Å². The lowest BCUT2D eigenvalue weighted by molar-refractivity contribution is 0.270. The Balaban J connectivity index is 2.93. The zero-order valence-electron chi connectivity index (χ0n) is 7.09. The number of anilines is 1. The molecule has 1 rings (SSSR count). The summed E-state index contributed by atoms with van der Waals surface area (Å²) in [6.07, 6.45) is 0. The van der Waals surface area contributed by atoms with E-state index in [2.05, 4.69) is 17.9 Å². The highest BCUT2D eigenvalue weighted by molar-refractivity contribution is 7.96. The Hall–Kier alpha value is -0.960. The molecule has 0 unspecified atom stereocenters. The second-order valence-electron chi connectivity index (χ2n) is 2.81. The Labute approximate surface area is 77.4 Å². The molecule has 0 heterocycles. The number of carbonyl (C=O) groups excluding carboxylic acids is 1. The topological polar surface area (TPSA) is 29.1 Å². The average molecular weight is 181 g/mol. The lowest BCUT2D eigenvalue weighted by Crippen LogP contribution is -2.01. The van der Waals surface area contributed by atoms with E-state index in [9.17, 15) is 4.79 Å². The van der Waals surface area contributed by atoms with Crippen LogP contribution in [0, 0.1) is 13.8 Å². The maximum absolute atomic E-state index is 10.6. The quantitative estimate of drug-likeness (QED) is 0.641. The van der Waals surface area contributed by atoms with Crippen molar-refractivity contribution < 1.29 is 4.79 Å². The van der Waals surface area contributed by atoms with E-state index < -0.39 is 0 Å². The maximum Gasteiger partial charge on any atom is 0.280 e. The molecule has 0 aliphatic carbocycles. The number of carbonyl (C=O) groups is 1. The van der Waals surface area contributed by atoms with Crippen LogP contribution >= 0.6 is 12.6 Å². The molecular weight excluding hydrogens is 170 g/mol. The lowest BCUT2D eigenvalue weighted by atomic mass is 10.1. The van der Waals surface area contributed by atoms with Crippen molar-refractivity contribution in [3.8, 4) is 0 Å². The van der Waals surface area contributed by atoms with E-state index >= 15 is 0 Å². The second-order valence-corrected chi connectivity index (χ2v) is 3.21. The first-order chi connectivity index (χ1) is 5.58. The van der Waals surface area contributed by atoms with Crippen molar-refractivity contribution >= 4 is 23.6 Å². The number of amides is 1. The summed E-state index contributed by atoms with van der Waals surface area (Å²) in [5, 5.41) is 2.28. The minimum absolute atomic E-state index is 0.333. The Kier molecular flexibility index (Phi) is 2.76. The van der Waals surface area contributed by atoms with Crippen LogP contribution in [0.15, 0.2) is 18.2 Å². The van der Waals surface area contributed by atoms with Crippen LogP contribution in [-0.4, -0.2) is 5.24 Å². The summed E-state index contributed by atoms with van der Waals surface area (Å²) in [7, 11) is 0. The first kappa shape index (κ1) is 9.13. The van der Waals surface area contributed by atoms with Gasteiger partial charge in [-0.2, -0.15) is 0 Å². The summed E-state index contributed by atoms with van der Waals surface area (Å²) in [6, 6.07) is 5.86. The van der Waals surface area contributed by atoms with Gasteiger partial charge in [-0.25, -0.2) is 0 Å². The predicted octanol–water partition coefficient (Wildman–Crippen LogP) is 2.77. The first-order valence-electron chi connectivity index (χ1n) is 3.66. The molecule has 0 fully saturated rings. The summed E-state index contributed by atoms with van der Waals surface area (Å²) < 4.78 is 0. The van der Waals surface area contributed by atoms with Crippen molar-refractivity contribution in [2.45, 2.75) is 13.8 Å². The Morgan fingerprint density at radius 3 is 2.17 bits per heavy atom. The first-order valence-corrected chi connectivity index (χ1v) is 4.11. The van der Waals surface area contributed by atoms with E-state index in [0.29, 0.717) is 0 Å². The van der Waals surface area contributed by atoms with E-state index in [1.807, 2.05) is 32.0 Å². The number of hydrogen-bond donors (Lipinski definition) is 2. The van der Waals surface area contributed by atoms with Gasteiger partial charge in [-0.05, 0) is 37.1 Å². The average Bonchev–Trinajstić information content (AvgIpc) is 1.81. The molecule has 0 aromatic heterocycles. The fourth-order valence-corrected chi connectivity index (χ4v) is 1.30. The third kappa shape index (κ3) is 2.58. The minimum atomic E-state index is -0.333. The highest BCUT2D eigenvalue weighted by atomic mass is 32.1. The highest BCUT2D eigenvalue weighted by Gasteiger charge is 1.97. The number of nitrogens with one attached hydrogen (secondary N) is 1. The maximum atomic E-state index is 10.6. The molecule has 64 valence electrons. The summed E-state index contributed by atoms with van der Waals surface area (Å²) >= 11 is 3.63. The van der Waals surface area contributed by atoms with Crippen LogP contribution in [0.25, 0.3) is 0 Å². The number of benzene rings is 1. The monoisotopic (exact) mass is 181 g/mol. The van der Waals surface area contributed by atoms with Gasteiger partial charge in [0.2, 0.25) is 0 Å². The van der Waals surface area contributed by atoms with Gasteiger partial charge in [0.25, 0.3) is 5.24 Å². The molecular formula is C9H11NOS. The van der Waals surface area contributed by atoms with Gasteiger partial charge in [-0.15, -0.1) is 0 Å². The van der Waals surface area contributed by atoms with Crippen molar-refractivity contribution in [3.05, 3.63) is 29.3 Å². The van der Waals surface area contributed by atoms with Gasteiger partial charge >= 0.3 is 0 Å². The van der Waals surface area contributed by atoms with Crippen LogP contribution in [0.2, 0.25) is 0 Å². The van der Waals surface area contributed by atoms with Gasteiger partial charge in [-0.1, -0.05) is 18.7 Å². The third-order valence-electron chi connectivity index (χ3n) is 1.47. The molecule has 1 aromatic rings. The summed E-state index contributed by atoms with van der Waals surface area (Å²) in [6.45, 7) is 3.97. The van der Waals surface area contributed by atoms with Crippen molar-refractivity contribution in [2.75, 3.05) is 5.32 Å². The largest absolute Gasteiger partial charge is 0.317 e. The van der Waals surface area contributed by atoms with E-state index in [-0.39, 0.29) is 5.24 Å². The Morgan fingerprint density at radius 1 is 1.25 bits per heavy atom. The molecule has 1 amide bonds. The molecule has 0 radical (unpaired) electrons. The predicted molar refractivity (Wildman–Crippen MR) is 53.9 cm³/mol. The van der Waals surface area contributed by atoms with Gasteiger partial charge < -0.3 is 5.32 Å². The molecule has 1 N–H and O–H groups in total. The molecule has 0 bridgehead atoms. The summed E-state index contributed by atoms with van der Waals surface area (Å²) in [5.74, 6) is 0. The fourth-order valence-electron chi connectivity index (χ4n) is 1.17. The van der Waals surface area contributed by atoms with Crippen molar-refractivity contribution in [1.82, 2.24) is 0 Å². The molecule has 0 spiro atoms. The molecule has 12 heavy (non-hydrogen) atoms. The molecule has 0 saturated heterocycles. The molecule has 1 aromatic carbocycles. The molecule has 0 atom stereocenters. The highest BCUT2D eigenvalue weighted by Crippen LogP contribution is 2.13. The number of thiol groups is 1. The zero-order valence-corrected chi connectivity index (χ0v) is 7.98. The van der Waals surface area contributed by atoms with Gasteiger partial charge in [-0.3, -0.25) is 4.79 Å². The van der Waals surface area contributed by atoms with Crippen LogP contribution in [0.5, 0.6) is 0 Å². The second kappa shape index (κ2) is 3.63. The Bertz CT molecular complexity index is 289. The van der Waals surface area contributed by atoms with E-state index in [1.54, 1.807) is 0 Å². The summed E-state index contributed by atoms with van der Waals surface area (Å²) in [4.78, 5) is 10.6. The SMILES string of the molecule is Cc1cc(C)cc(NC(=O)S)c1. The van der Waals surface area contributed by atoms with Crippen molar-refractivity contribution in [1.29, 1.82) is 0 Å². The molecule has 3 heteroatoms.